The third-order valence-corrected chi connectivity index (χ3v) is 4.75. The molecule has 2 N–H and O–H groups in total. The third kappa shape index (κ3) is 4.27. The lowest BCUT2D eigenvalue weighted by Gasteiger charge is -2.38. The Labute approximate surface area is 147 Å². The van der Waals surface area contributed by atoms with Gasteiger partial charge in [0.05, 0.1) is 5.69 Å². The second-order valence-electron chi connectivity index (χ2n) is 6.68. The van der Waals surface area contributed by atoms with E-state index in [1.807, 2.05) is 18.2 Å². The van der Waals surface area contributed by atoms with Crippen molar-refractivity contribution in [2.24, 2.45) is 5.92 Å². The van der Waals surface area contributed by atoms with Crippen molar-refractivity contribution in [1.29, 1.82) is 0 Å². The number of aliphatic hydroxyl groups is 1. The van der Waals surface area contributed by atoms with Crippen LogP contribution in [0.25, 0.3) is 0 Å². The van der Waals surface area contributed by atoms with Gasteiger partial charge in [-0.2, -0.15) is 0 Å². The van der Waals surface area contributed by atoms with Crippen LogP contribution in [0.1, 0.15) is 34.1 Å². The molecule has 1 aromatic carbocycles. The van der Waals surface area contributed by atoms with Crippen LogP contribution in [-0.4, -0.2) is 46.6 Å². The van der Waals surface area contributed by atoms with Crippen LogP contribution >= 0.6 is 0 Å². The minimum Gasteiger partial charge on any atom is -0.436 e. The number of oxazole rings is 1. The van der Waals surface area contributed by atoms with Crippen LogP contribution in [0.5, 0.6) is 0 Å². The molecular formula is C19H25N3O3. The zero-order valence-corrected chi connectivity index (χ0v) is 14.7. The van der Waals surface area contributed by atoms with Crippen molar-refractivity contribution in [3.8, 4) is 0 Å². The van der Waals surface area contributed by atoms with E-state index in [1.54, 1.807) is 13.8 Å². The van der Waals surface area contributed by atoms with Crippen LogP contribution in [0, 0.1) is 19.8 Å². The average Bonchev–Trinajstić information content (AvgIpc) is 2.94. The van der Waals surface area contributed by atoms with E-state index in [9.17, 15) is 9.90 Å². The molecule has 0 saturated carbocycles. The molecule has 1 aliphatic heterocycles. The van der Waals surface area contributed by atoms with E-state index < -0.39 is 0 Å². The summed E-state index contributed by atoms with van der Waals surface area (Å²) in [6, 6.07) is 10.2. The molecule has 2 aromatic rings. The molecule has 2 heterocycles. The molecule has 25 heavy (non-hydrogen) atoms. The van der Waals surface area contributed by atoms with Crippen LogP contribution in [0.4, 0.5) is 0 Å². The number of hydrogen-bond acceptors (Lipinski definition) is 5. The molecule has 134 valence electrons. The number of likely N-dealkylation sites (tertiary alicyclic amines) is 1. The fourth-order valence-electron chi connectivity index (χ4n) is 3.41. The lowest BCUT2D eigenvalue weighted by molar-refractivity contribution is 0.0709. The number of amides is 1. The highest BCUT2D eigenvalue weighted by Gasteiger charge is 2.31. The van der Waals surface area contributed by atoms with Crippen LogP contribution in [0.3, 0.4) is 0 Å². The number of piperidine rings is 1. The summed E-state index contributed by atoms with van der Waals surface area (Å²) in [6.07, 6.45) is 0.850. The number of hydrogen-bond donors (Lipinski definition) is 2. The van der Waals surface area contributed by atoms with E-state index in [0.717, 1.165) is 19.5 Å². The molecule has 2 atom stereocenters. The zero-order chi connectivity index (χ0) is 17.8. The summed E-state index contributed by atoms with van der Waals surface area (Å²) < 4.78 is 5.41. The van der Waals surface area contributed by atoms with Gasteiger partial charge in [0, 0.05) is 38.6 Å². The molecule has 0 aliphatic carbocycles. The van der Waals surface area contributed by atoms with Gasteiger partial charge >= 0.3 is 0 Å². The predicted molar refractivity (Wildman–Crippen MR) is 94.1 cm³/mol. The van der Waals surface area contributed by atoms with E-state index in [4.69, 9.17) is 4.42 Å². The Morgan fingerprint density at radius 2 is 2.12 bits per heavy atom. The summed E-state index contributed by atoms with van der Waals surface area (Å²) in [7, 11) is 0. The van der Waals surface area contributed by atoms with Crippen molar-refractivity contribution in [3.63, 3.8) is 0 Å². The lowest BCUT2D eigenvalue weighted by Crippen LogP contribution is -2.53. The fraction of sp³-hybridized carbons (Fsp3) is 0.474. The lowest BCUT2D eigenvalue weighted by atomic mass is 9.91. The average molecular weight is 343 g/mol. The first-order valence-electron chi connectivity index (χ1n) is 8.69. The highest BCUT2D eigenvalue weighted by molar-refractivity contribution is 5.92. The Hall–Kier alpha value is -2.18. The zero-order valence-electron chi connectivity index (χ0n) is 14.7. The molecule has 1 aliphatic rings. The van der Waals surface area contributed by atoms with Crippen LogP contribution < -0.4 is 5.32 Å². The third-order valence-electron chi connectivity index (χ3n) is 4.75. The largest absolute Gasteiger partial charge is 0.436 e. The summed E-state index contributed by atoms with van der Waals surface area (Å²) >= 11 is 0. The molecule has 0 bridgehead atoms. The van der Waals surface area contributed by atoms with Gasteiger partial charge in [0.1, 0.15) is 0 Å². The van der Waals surface area contributed by atoms with E-state index in [1.165, 1.54) is 5.56 Å². The van der Waals surface area contributed by atoms with Crippen molar-refractivity contribution in [2.45, 2.75) is 32.9 Å². The number of nitrogens with zero attached hydrogens (tertiary/aromatic N) is 2. The minimum absolute atomic E-state index is 0.0558. The van der Waals surface area contributed by atoms with Gasteiger partial charge in [0.2, 0.25) is 5.76 Å². The summed E-state index contributed by atoms with van der Waals surface area (Å²) in [5.74, 6) is 0.536. The van der Waals surface area contributed by atoms with Crippen molar-refractivity contribution in [3.05, 3.63) is 53.2 Å². The van der Waals surface area contributed by atoms with Gasteiger partial charge in [-0.25, -0.2) is 4.98 Å². The van der Waals surface area contributed by atoms with Crippen molar-refractivity contribution < 1.29 is 14.3 Å². The van der Waals surface area contributed by atoms with E-state index in [0.29, 0.717) is 18.1 Å². The fourth-order valence-corrected chi connectivity index (χ4v) is 3.41. The molecular weight excluding hydrogens is 318 g/mol. The van der Waals surface area contributed by atoms with Gasteiger partial charge in [-0.3, -0.25) is 9.69 Å². The minimum atomic E-state index is -0.261. The molecule has 0 unspecified atom stereocenters. The molecule has 1 saturated heterocycles. The first-order chi connectivity index (χ1) is 12.1. The van der Waals surface area contributed by atoms with Gasteiger partial charge in [-0.15, -0.1) is 0 Å². The standard InChI is InChI=1S/C19H25N3O3/c1-13-18(25-14(2)20-13)19(24)21-17-11-22(9-8-16(17)12-23)10-15-6-4-3-5-7-15/h3-7,16-17,23H,8-12H2,1-2H3,(H,21,24)/t16-,17+/m0/s1. The van der Waals surface area contributed by atoms with E-state index in [-0.39, 0.29) is 30.2 Å². The second kappa shape index (κ2) is 7.80. The molecule has 1 aromatic heterocycles. The smallest absolute Gasteiger partial charge is 0.289 e. The maximum atomic E-state index is 12.5. The molecule has 6 nitrogen and oxygen atoms in total. The number of aliphatic hydroxyl groups excluding tert-OH is 1. The van der Waals surface area contributed by atoms with Crippen LogP contribution in [0.2, 0.25) is 0 Å². The van der Waals surface area contributed by atoms with Crippen molar-refractivity contribution >= 4 is 5.91 Å². The maximum Gasteiger partial charge on any atom is 0.289 e. The summed E-state index contributed by atoms with van der Waals surface area (Å²) in [4.78, 5) is 19.0. The van der Waals surface area contributed by atoms with Gasteiger partial charge in [0.15, 0.2) is 5.89 Å². The number of aromatic nitrogens is 1. The number of carbonyl (C=O) groups excluding carboxylic acids is 1. The first-order valence-corrected chi connectivity index (χ1v) is 8.69. The quantitative estimate of drug-likeness (QED) is 0.867. The number of aryl methyl sites for hydroxylation is 2. The Bertz CT molecular complexity index is 714. The monoisotopic (exact) mass is 343 g/mol. The number of rotatable bonds is 5. The number of carbonyl (C=O) groups is 1. The van der Waals surface area contributed by atoms with Gasteiger partial charge < -0.3 is 14.8 Å². The molecule has 6 heteroatoms. The summed E-state index contributed by atoms with van der Waals surface area (Å²) in [5, 5.41) is 12.7. The number of benzene rings is 1. The highest BCUT2D eigenvalue weighted by atomic mass is 16.4. The van der Waals surface area contributed by atoms with Crippen molar-refractivity contribution in [1.82, 2.24) is 15.2 Å². The molecule has 1 fully saturated rings. The van der Waals surface area contributed by atoms with E-state index in [2.05, 4.69) is 27.3 Å². The summed E-state index contributed by atoms with van der Waals surface area (Å²) in [6.45, 7) is 6.01. The first kappa shape index (κ1) is 17.6. The Balaban J connectivity index is 1.66. The van der Waals surface area contributed by atoms with Crippen molar-refractivity contribution in [2.75, 3.05) is 19.7 Å². The molecule has 0 radical (unpaired) electrons. The SMILES string of the molecule is Cc1nc(C)c(C(=O)N[C@@H]2CN(Cc3ccccc3)CC[C@H]2CO)o1. The Kier molecular flexibility index (Phi) is 5.50. The van der Waals surface area contributed by atoms with Gasteiger partial charge in [0.25, 0.3) is 5.91 Å². The highest BCUT2D eigenvalue weighted by Crippen LogP contribution is 2.20. The molecule has 0 spiro atoms. The maximum absolute atomic E-state index is 12.5. The summed E-state index contributed by atoms with van der Waals surface area (Å²) in [5.41, 5.74) is 1.84. The second-order valence-corrected chi connectivity index (χ2v) is 6.68. The molecule has 3 rings (SSSR count). The van der Waals surface area contributed by atoms with Crippen LogP contribution in [0.15, 0.2) is 34.7 Å². The van der Waals surface area contributed by atoms with Gasteiger partial charge in [-0.1, -0.05) is 30.3 Å². The van der Waals surface area contributed by atoms with Crippen LogP contribution in [-0.2, 0) is 6.54 Å². The topological polar surface area (TPSA) is 78.6 Å². The normalized spacial score (nSPS) is 21.2. The van der Waals surface area contributed by atoms with E-state index >= 15 is 0 Å². The Morgan fingerprint density at radius 1 is 1.36 bits per heavy atom. The molecule has 1 amide bonds. The Morgan fingerprint density at radius 3 is 2.76 bits per heavy atom. The van der Waals surface area contributed by atoms with Gasteiger partial charge in [-0.05, 0) is 25.5 Å². The number of nitrogens with one attached hydrogen (secondary N) is 1. The predicted octanol–water partition coefficient (Wildman–Crippen LogP) is 1.90.